The number of halogens is 1. The number of hydrogen-bond donors (Lipinski definition) is 1. The summed E-state index contributed by atoms with van der Waals surface area (Å²) in [5, 5.41) is 5.72. The number of nitrogens with one attached hydrogen (secondary N) is 1. The first-order valence-electron chi connectivity index (χ1n) is 7.15. The highest BCUT2D eigenvalue weighted by Crippen LogP contribution is 2.50. The first-order chi connectivity index (χ1) is 8.76. The van der Waals surface area contributed by atoms with Crippen molar-refractivity contribution in [2.75, 3.05) is 7.05 Å². The molecule has 1 nitrogen and oxygen atoms in total. The molecule has 2 aliphatic rings. The van der Waals surface area contributed by atoms with Crippen LogP contribution >= 0.6 is 27.3 Å². The van der Waals surface area contributed by atoms with E-state index in [2.05, 4.69) is 39.7 Å². The van der Waals surface area contributed by atoms with E-state index in [0.29, 0.717) is 6.04 Å². The summed E-state index contributed by atoms with van der Waals surface area (Å²) >= 11 is 5.53. The van der Waals surface area contributed by atoms with Gasteiger partial charge in [-0.25, -0.2) is 0 Å². The van der Waals surface area contributed by atoms with Crippen LogP contribution < -0.4 is 5.32 Å². The smallest absolute Gasteiger partial charge is 0.0314 e. The van der Waals surface area contributed by atoms with Crippen LogP contribution in [-0.2, 0) is 6.42 Å². The Balaban J connectivity index is 1.58. The Labute approximate surface area is 122 Å². The normalized spacial score (nSPS) is 32.0. The summed E-state index contributed by atoms with van der Waals surface area (Å²) in [6.07, 6.45) is 8.62. The Morgan fingerprint density at radius 1 is 1.44 bits per heavy atom. The van der Waals surface area contributed by atoms with Gasteiger partial charge in [0.15, 0.2) is 0 Å². The molecule has 1 aromatic heterocycles. The second kappa shape index (κ2) is 5.64. The standard InChI is InChI=1S/C15H22BrNS/c1-17-13(9-15-14(16)4-5-18-15)8-12-7-10-2-3-11(12)6-10/h4-5,10-13,17H,2-3,6-9H2,1H3. The second-order valence-electron chi connectivity index (χ2n) is 6.05. The molecule has 18 heavy (non-hydrogen) atoms. The summed E-state index contributed by atoms with van der Waals surface area (Å²) in [4.78, 5) is 1.50. The molecular formula is C15H22BrNS. The highest BCUT2D eigenvalue weighted by atomic mass is 79.9. The summed E-state index contributed by atoms with van der Waals surface area (Å²) in [5.41, 5.74) is 0. The van der Waals surface area contributed by atoms with Crippen LogP contribution in [0.2, 0.25) is 0 Å². The van der Waals surface area contributed by atoms with Crippen molar-refractivity contribution in [3.8, 4) is 0 Å². The summed E-state index contributed by atoms with van der Waals surface area (Å²) in [6.45, 7) is 0. The first-order valence-corrected chi connectivity index (χ1v) is 8.82. The molecule has 0 radical (unpaired) electrons. The van der Waals surface area contributed by atoms with Gasteiger partial charge in [-0.05, 0) is 84.3 Å². The van der Waals surface area contributed by atoms with E-state index in [1.807, 2.05) is 11.3 Å². The quantitative estimate of drug-likeness (QED) is 0.841. The van der Waals surface area contributed by atoms with E-state index >= 15 is 0 Å². The van der Waals surface area contributed by atoms with Crippen LogP contribution in [0.4, 0.5) is 0 Å². The summed E-state index contributed by atoms with van der Waals surface area (Å²) in [6, 6.07) is 2.83. The lowest BCUT2D eigenvalue weighted by atomic mass is 9.83. The van der Waals surface area contributed by atoms with Crippen molar-refractivity contribution in [2.24, 2.45) is 17.8 Å². The lowest BCUT2D eigenvalue weighted by Crippen LogP contribution is -2.31. The molecule has 0 saturated heterocycles. The van der Waals surface area contributed by atoms with Gasteiger partial charge in [-0.3, -0.25) is 0 Å². The SMILES string of the molecule is CNC(Cc1sccc1Br)CC1CC2CCC1C2. The van der Waals surface area contributed by atoms with Gasteiger partial charge in [0.25, 0.3) is 0 Å². The predicted molar refractivity (Wildman–Crippen MR) is 82.1 cm³/mol. The number of hydrogen-bond acceptors (Lipinski definition) is 2. The zero-order chi connectivity index (χ0) is 12.5. The van der Waals surface area contributed by atoms with Crippen molar-refractivity contribution < 1.29 is 0 Å². The monoisotopic (exact) mass is 327 g/mol. The highest BCUT2D eigenvalue weighted by molar-refractivity contribution is 9.10. The molecule has 0 amide bonds. The Hall–Kier alpha value is 0.140. The fourth-order valence-electron chi connectivity index (χ4n) is 4.03. The fraction of sp³-hybridized carbons (Fsp3) is 0.733. The van der Waals surface area contributed by atoms with Crippen LogP contribution in [-0.4, -0.2) is 13.1 Å². The Morgan fingerprint density at radius 2 is 2.33 bits per heavy atom. The van der Waals surface area contributed by atoms with Gasteiger partial charge in [-0.2, -0.15) is 0 Å². The van der Waals surface area contributed by atoms with Gasteiger partial charge in [-0.15, -0.1) is 11.3 Å². The molecule has 3 rings (SSSR count). The van der Waals surface area contributed by atoms with E-state index in [1.54, 1.807) is 0 Å². The molecular weight excluding hydrogens is 306 g/mol. The van der Waals surface area contributed by atoms with Crippen LogP contribution in [0.5, 0.6) is 0 Å². The van der Waals surface area contributed by atoms with Crippen molar-refractivity contribution in [1.82, 2.24) is 5.32 Å². The molecule has 0 aromatic carbocycles. The van der Waals surface area contributed by atoms with E-state index < -0.39 is 0 Å². The maximum atomic E-state index is 3.65. The van der Waals surface area contributed by atoms with Gasteiger partial charge < -0.3 is 5.32 Å². The molecule has 0 spiro atoms. The number of likely N-dealkylation sites (N-methyl/N-ethyl adjacent to an activating group) is 1. The van der Waals surface area contributed by atoms with Crippen molar-refractivity contribution >= 4 is 27.3 Å². The fourth-order valence-corrected chi connectivity index (χ4v) is 5.62. The summed E-state index contributed by atoms with van der Waals surface area (Å²) < 4.78 is 1.29. The number of rotatable bonds is 5. The van der Waals surface area contributed by atoms with Gasteiger partial charge >= 0.3 is 0 Å². The summed E-state index contributed by atoms with van der Waals surface area (Å²) in [7, 11) is 2.12. The molecule has 2 fully saturated rings. The molecule has 0 aliphatic heterocycles. The molecule has 1 heterocycles. The number of fused-ring (bicyclic) bond motifs is 2. The molecule has 4 unspecified atom stereocenters. The molecule has 4 atom stereocenters. The van der Waals surface area contributed by atoms with Gasteiger partial charge in [0.05, 0.1) is 0 Å². The third-order valence-corrected chi connectivity index (χ3v) is 6.95. The highest BCUT2D eigenvalue weighted by Gasteiger charge is 2.39. The van der Waals surface area contributed by atoms with E-state index in [0.717, 1.165) is 17.8 Å². The third kappa shape index (κ3) is 2.68. The maximum absolute atomic E-state index is 3.65. The largest absolute Gasteiger partial charge is 0.317 e. The molecule has 2 bridgehead atoms. The Bertz CT molecular complexity index is 403. The van der Waals surface area contributed by atoms with Crippen LogP contribution in [0.3, 0.4) is 0 Å². The van der Waals surface area contributed by atoms with E-state index in [4.69, 9.17) is 0 Å². The second-order valence-corrected chi connectivity index (χ2v) is 7.91. The minimum Gasteiger partial charge on any atom is -0.317 e. The lowest BCUT2D eigenvalue weighted by molar-refractivity contribution is 0.282. The zero-order valence-electron chi connectivity index (χ0n) is 11.0. The van der Waals surface area contributed by atoms with Crippen molar-refractivity contribution in [1.29, 1.82) is 0 Å². The van der Waals surface area contributed by atoms with Crippen LogP contribution in [0.1, 0.15) is 37.0 Å². The molecule has 3 heteroatoms. The molecule has 1 N–H and O–H groups in total. The average molecular weight is 328 g/mol. The zero-order valence-corrected chi connectivity index (χ0v) is 13.4. The Morgan fingerprint density at radius 3 is 2.89 bits per heavy atom. The molecule has 2 aliphatic carbocycles. The number of thiophene rings is 1. The van der Waals surface area contributed by atoms with Gasteiger partial charge in [0, 0.05) is 15.4 Å². The van der Waals surface area contributed by atoms with Crippen molar-refractivity contribution in [2.45, 2.75) is 44.6 Å². The van der Waals surface area contributed by atoms with E-state index in [-0.39, 0.29) is 0 Å². The third-order valence-electron chi connectivity index (χ3n) is 5.00. The molecule has 1 aromatic rings. The topological polar surface area (TPSA) is 12.0 Å². The minimum atomic E-state index is 0.657. The van der Waals surface area contributed by atoms with Gasteiger partial charge in [0.1, 0.15) is 0 Å². The maximum Gasteiger partial charge on any atom is 0.0314 e. The lowest BCUT2D eigenvalue weighted by Gasteiger charge is -2.26. The van der Waals surface area contributed by atoms with Crippen LogP contribution in [0.15, 0.2) is 15.9 Å². The van der Waals surface area contributed by atoms with Gasteiger partial charge in [-0.1, -0.05) is 6.42 Å². The van der Waals surface area contributed by atoms with E-state index in [1.165, 1.54) is 47.9 Å². The van der Waals surface area contributed by atoms with Crippen molar-refractivity contribution in [3.05, 3.63) is 20.8 Å². The van der Waals surface area contributed by atoms with Crippen molar-refractivity contribution in [3.63, 3.8) is 0 Å². The van der Waals surface area contributed by atoms with Gasteiger partial charge in [0.2, 0.25) is 0 Å². The first kappa shape index (κ1) is 13.1. The summed E-state index contributed by atoms with van der Waals surface area (Å²) in [5.74, 6) is 3.13. The van der Waals surface area contributed by atoms with E-state index in [9.17, 15) is 0 Å². The molecule has 2 saturated carbocycles. The predicted octanol–water partition coefficient (Wildman–Crippen LogP) is 4.47. The van der Waals surface area contributed by atoms with Crippen LogP contribution in [0, 0.1) is 17.8 Å². The average Bonchev–Trinajstić information content (AvgIpc) is 3.06. The minimum absolute atomic E-state index is 0.657. The Kier molecular flexibility index (Phi) is 4.12. The van der Waals surface area contributed by atoms with Crippen LogP contribution in [0.25, 0.3) is 0 Å². The molecule has 100 valence electrons.